The summed E-state index contributed by atoms with van der Waals surface area (Å²) >= 11 is 0. The van der Waals surface area contributed by atoms with Gasteiger partial charge in [0.1, 0.15) is 0 Å². The van der Waals surface area contributed by atoms with E-state index in [9.17, 15) is 4.79 Å². The second-order valence-corrected chi connectivity index (χ2v) is 2.77. The minimum Gasteiger partial charge on any atom is -0.355 e. The first kappa shape index (κ1) is 9.52. The molecule has 0 aliphatic carbocycles. The summed E-state index contributed by atoms with van der Waals surface area (Å²) < 4.78 is 0. The summed E-state index contributed by atoms with van der Waals surface area (Å²) in [5.74, 6) is -0.0508. The molecule has 2 nitrogen and oxygen atoms in total. The van der Waals surface area contributed by atoms with Gasteiger partial charge in [-0.05, 0) is 24.1 Å². The van der Waals surface area contributed by atoms with Gasteiger partial charge in [0.2, 0.25) is 0 Å². The van der Waals surface area contributed by atoms with Crippen LogP contribution in [0.5, 0.6) is 0 Å². The van der Waals surface area contributed by atoms with Gasteiger partial charge in [-0.3, -0.25) is 4.79 Å². The molecule has 0 spiro atoms. The molecule has 1 N–H and O–H groups in total. The number of rotatable bonds is 3. The van der Waals surface area contributed by atoms with Crippen molar-refractivity contribution in [1.82, 2.24) is 5.32 Å². The number of carbonyl (C=O) groups excluding carboxylic acids is 1. The van der Waals surface area contributed by atoms with Crippen molar-refractivity contribution in [1.29, 1.82) is 0 Å². The van der Waals surface area contributed by atoms with Gasteiger partial charge in [0.15, 0.2) is 0 Å². The fourth-order valence-corrected chi connectivity index (χ4v) is 1.10. The van der Waals surface area contributed by atoms with Crippen molar-refractivity contribution in [3.63, 3.8) is 0 Å². The van der Waals surface area contributed by atoms with Crippen molar-refractivity contribution in [2.75, 3.05) is 7.05 Å². The predicted octanol–water partition coefficient (Wildman–Crippen LogP) is 1.77. The summed E-state index contributed by atoms with van der Waals surface area (Å²) in [5, 5.41) is 2.57. The molecule has 0 aliphatic rings. The molecule has 0 atom stereocenters. The number of hydrogen-bond donors (Lipinski definition) is 1. The number of hydrogen-bond acceptors (Lipinski definition) is 1. The number of carbonyl (C=O) groups is 1. The first-order valence-corrected chi connectivity index (χ1v) is 4.20. The lowest BCUT2D eigenvalue weighted by Crippen LogP contribution is -2.17. The van der Waals surface area contributed by atoms with Crippen LogP contribution in [0.3, 0.4) is 0 Å². The molecule has 13 heavy (non-hydrogen) atoms. The second kappa shape index (κ2) is 4.45. The molecule has 0 aliphatic heterocycles. The van der Waals surface area contributed by atoms with Gasteiger partial charge in [0.05, 0.1) is 0 Å². The van der Waals surface area contributed by atoms with E-state index < -0.39 is 0 Å². The summed E-state index contributed by atoms with van der Waals surface area (Å²) in [6, 6.07) is 7.51. The van der Waals surface area contributed by atoms with Crippen LogP contribution in [-0.4, -0.2) is 13.0 Å². The van der Waals surface area contributed by atoms with E-state index in [2.05, 4.69) is 11.9 Å². The Morgan fingerprint density at radius 1 is 1.46 bits per heavy atom. The van der Waals surface area contributed by atoms with Gasteiger partial charge in [-0.25, -0.2) is 0 Å². The van der Waals surface area contributed by atoms with E-state index in [0.29, 0.717) is 5.56 Å². The molecular formula is C11H13NO. The average molecular weight is 175 g/mol. The lowest BCUT2D eigenvalue weighted by Gasteiger charge is -2.00. The monoisotopic (exact) mass is 175 g/mol. The number of amides is 1. The van der Waals surface area contributed by atoms with Gasteiger partial charge >= 0.3 is 0 Å². The van der Waals surface area contributed by atoms with Gasteiger partial charge < -0.3 is 5.32 Å². The van der Waals surface area contributed by atoms with Crippen LogP contribution in [0.4, 0.5) is 0 Å². The molecule has 0 heterocycles. The van der Waals surface area contributed by atoms with Crippen molar-refractivity contribution < 1.29 is 4.79 Å². The van der Waals surface area contributed by atoms with E-state index in [0.717, 1.165) is 6.42 Å². The maximum absolute atomic E-state index is 11.2. The first-order valence-electron chi connectivity index (χ1n) is 4.20. The molecule has 1 amide bonds. The Labute approximate surface area is 78.3 Å². The van der Waals surface area contributed by atoms with Crippen molar-refractivity contribution in [3.05, 3.63) is 48.0 Å². The zero-order valence-corrected chi connectivity index (χ0v) is 7.71. The highest BCUT2D eigenvalue weighted by Gasteiger charge is 2.00. The molecule has 1 aromatic carbocycles. The SMILES string of the molecule is C=CCc1ccc(C(=O)NC)cc1. The fraction of sp³-hybridized carbons (Fsp3) is 0.182. The molecule has 2 heteroatoms. The van der Waals surface area contributed by atoms with E-state index in [1.165, 1.54) is 5.56 Å². The lowest BCUT2D eigenvalue weighted by molar-refractivity contribution is 0.0963. The zero-order chi connectivity index (χ0) is 9.68. The van der Waals surface area contributed by atoms with Crippen molar-refractivity contribution in [2.45, 2.75) is 6.42 Å². The average Bonchev–Trinajstić information content (AvgIpc) is 2.18. The molecule has 68 valence electrons. The van der Waals surface area contributed by atoms with Gasteiger partial charge in [-0.2, -0.15) is 0 Å². The predicted molar refractivity (Wildman–Crippen MR) is 53.7 cm³/mol. The highest BCUT2D eigenvalue weighted by Crippen LogP contribution is 2.05. The summed E-state index contributed by atoms with van der Waals surface area (Å²) in [6.07, 6.45) is 2.68. The Hall–Kier alpha value is -1.57. The van der Waals surface area contributed by atoms with Gasteiger partial charge in [-0.15, -0.1) is 6.58 Å². The van der Waals surface area contributed by atoms with Crippen molar-refractivity contribution >= 4 is 5.91 Å². The summed E-state index contributed by atoms with van der Waals surface area (Å²) in [5.41, 5.74) is 1.86. The summed E-state index contributed by atoms with van der Waals surface area (Å²) in [4.78, 5) is 11.2. The number of allylic oxidation sites excluding steroid dienone is 1. The molecule has 0 saturated heterocycles. The molecule has 0 unspecified atom stereocenters. The van der Waals surface area contributed by atoms with Gasteiger partial charge in [-0.1, -0.05) is 18.2 Å². The minimum atomic E-state index is -0.0508. The van der Waals surface area contributed by atoms with Crippen LogP contribution in [0.15, 0.2) is 36.9 Å². The Kier molecular flexibility index (Phi) is 3.26. The maximum Gasteiger partial charge on any atom is 0.251 e. The second-order valence-electron chi connectivity index (χ2n) is 2.77. The Balaban J connectivity index is 2.80. The zero-order valence-electron chi connectivity index (χ0n) is 7.71. The molecule has 0 saturated carbocycles. The van der Waals surface area contributed by atoms with Crippen LogP contribution >= 0.6 is 0 Å². The van der Waals surface area contributed by atoms with Crippen LogP contribution in [0.25, 0.3) is 0 Å². The third-order valence-corrected chi connectivity index (χ3v) is 1.82. The van der Waals surface area contributed by atoms with E-state index in [1.54, 1.807) is 7.05 Å². The highest BCUT2D eigenvalue weighted by molar-refractivity contribution is 5.93. The van der Waals surface area contributed by atoms with E-state index in [1.807, 2.05) is 30.3 Å². The molecule has 1 rings (SSSR count). The lowest BCUT2D eigenvalue weighted by atomic mass is 10.1. The van der Waals surface area contributed by atoms with Crippen LogP contribution < -0.4 is 5.32 Å². The Morgan fingerprint density at radius 2 is 2.08 bits per heavy atom. The summed E-state index contributed by atoms with van der Waals surface area (Å²) in [6.45, 7) is 3.65. The molecule has 0 fully saturated rings. The van der Waals surface area contributed by atoms with E-state index in [-0.39, 0.29) is 5.91 Å². The molecule has 0 bridgehead atoms. The normalized spacial score (nSPS) is 9.31. The smallest absolute Gasteiger partial charge is 0.251 e. The number of nitrogens with one attached hydrogen (secondary N) is 1. The van der Waals surface area contributed by atoms with E-state index >= 15 is 0 Å². The van der Waals surface area contributed by atoms with Crippen LogP contribution in [0, 0.1) is 0 Å². The standard InChI is InChI=1S/C11H13NO/c1-3-4-9-5-7-10(8-6-9)11(13)12-2/h3,5-8H,1,4H2,2H3,(H,12,13). The van der Waals surface area contributed by atoms with Crippen LogP contribution in [0.2, 0.25) is 0 Å². The molecule has 1 aromatic rings. The third kappa shape index (κ3) is 2.44. The largest absolute Gasteiger partial charge is 0.355 e. The minimum absolute atomic E-state index is 0.0508. The molecular weight excluding hydrogens is 162 g/mol. The van der Waals surface area contributed by atoms with Crippen LogP contribution in [-0.2, 0) is 6.42 Å². The van der Waals surface area contributed by atoms with Gasteiger partial charge in [0.25, 0.3) is 5.91 Å². The van der Waals surface area contributed by atoms with Crippen molar-refractivity contribution in [3.8, 4) is 0 Å². The highest BCUT2D eigenvalue weighted by atomic mass is 16.1. The summed E-state index contributed by atoms with van der Waals surface area (Å²) in [7, 11) is 1.62. The fourth-order valence-electron chi connectivity index (χ4n) is 1.10. The van der Waals surface area contributed by atoms with Gasteiger partial charge in [0, 0.05) is 12.6 Å². The molecule has 0 aromatic heterocycles. The van der Waals surface area contributed by atoms with E-state index in [4.69, 9.17) is 0 Å². The topological polar surface area (TPSA) is 29.1 Å². The number of benzene rings is 1. The molecule has 0 radical (unpaired) electrons. The first-order chi connectivity index (χ1) is 6.27. The quantitative estimate of drug-likeness (QED) is 0.697. The maximum atomic E-state index is 11.2. The van der Waals surface area contributed by atoms with Crippen molar-refractivity contribution in [2.24, 2.45) is 0 Å². The third-order valence-electron chi connectivity index (χ3n) is 1.82. The Bertz CT molecular complexity index is 300. The van der Waals surface area contributed by atoms with Crippen LogP contribution in [0.1, 0.15) is 15.9 Å². The Morgan fingerprint density at radius 3 is 2.54 bits per heavy atom.